The third-order valence-corrected chi connectivity index (χ3v) is 3.53. The van der Waals surface area contributed by atoms with Crippen LogP contribution in [0.4, 0.5) is 0 Å². The molecule has 0 aromatic heterocycles. The fourth-order valence-corrected chi connectivity index (χ4v) is 2.13. The van der Waals surface area contributed by atoms with Crippen molar-refractivity contribution in [1.82, 2.24) is 0 Å². The molecule has 25 heavy (non-hydrogen) atoms. The lowest BCUT2D eigenvalue weighted by atomic mass is 10.0. The summed E-state index contributed by atoms with van der Waals surface area (Å²) in [6.07, 6.45) is 13.1. The number of hydrogen-bond acceptors (Lipinski definition) is 4. The van der Waals surface area contributed by atoms with Crippen LogP contribution in [-0.4, -0.2) is 30.0 Å². The van der Waals surface area contributed by atoms with Gasteiger partial charge in [0.15, 0.2) is 11.5 Å². The molecule has 136 valence electrons. The Kier molecular flexibility index (Phi) is 8.57. The van der Waals surface area contributed by atoms with Crippen molar-refractivity contribution < 1.29 is 19.7 Å². The molecule has 0 aliphatic heterocycles. The Bertz CT molecular complexity index is 653. The molecule has 0 spiro atoms. The molecule has 2 N–H and O–H groups in total. The van der Waals surface area contributed by atoms with Gasteiger partial charge in [0.1, 0.15) is 0 Å². The second-order valence-corrected chi connectivity index (χ2v) is 6.04. The first kappa shape index (κ1) is 20.6. The van der Waals surface area contributed by atoms with Gasteiger partial charge in [-0.25, -0.2) is 0 Å². The SMILES string of the molecule is C=C\C(O)=C(O)/C=C(C)/C=C/C1=CC(OCC=C(C)C)CC(OC)=C1. The number of methoxy groups -OCH3 is 1. The average Bonchev–Trinajstić information content (AvgIpc) is 2.58. The fraction of sp³-hybridized carbons (Fsp3) is 0.333. The van der Waals surface area contributed by atoms with Gasteiger partial charge in [0, 0.05) is 6.42 Å². The van der Waals surface area contributed by atoms with E-state index in [1.54, 1.807) is 7.11 Å². The van der Waals surface area contributed by atoms with Crippen molar-refractivity contribution >= 4 is 0 Å². The van der Waals surface area contributed by atoms with Gasteiger partial charge >= 0.3 is 0 Å². The van der Waals surface area contributed by atoms with Crippen LogP contribution >= 0.6 is 0 Å². The molecule has 4 nitrogen and oxygen atoms in total. The van der Waals surface area contributed by atoms with Crippen LogP contribution in [0.2, 0.25) is 0 Å². The molecular weight excluding hydrogens is 316 g/mol. The summed E-state index contributed by atoms with van der Waals surface area (Å²) in [7, 11) is 1.65. The van der Waals surface area contributed by atoms with Gasteiger partial charge in [0.2, 0.25) is 0 Å². The van der Waals surface area contributed by atoms with E-state index in [-0.39, 0.29) is 17.6 Å². The third-order valence-electron chi connectivity index (χ3n) is 3.53. The van der Waals surface area contributed by atoms with Gasteiger partial charge in [-0.3, -0.25) is 0 Å². The van der Waals surface area contributed by atoms with E-state index in [1.165, 1.54) is 17.7 Å². The molecule has 0 saturated heterocycles. The number of aliphatic hydroxyl groups excluding tert-OH is 2. The van der Waals surface area contributed by atoms with Gasteiger partial charge in [-0.05, 0) is 56.2 Å². The van der Waals surface area contributed by atoms with Crippen molar-refractivity contribution in [2.24, 2.45) is 0 Å². The summed E-state index contributed by atoms with van der Waals surface area (Å²) in [6.45, 7) is 9.88. The normalized spacial score (nSPS) is 19.0. The Morgan fingerprint density at radius 1 is 1.28 bits per heavy atom. The van der Waals surface area contributed by atoms with Crippen molar-refractivity contribution in [2.45, 2.75) is 33.3 Å². The predicted molar refractivity (Wildman–Crippen MR) is 102 cm³/mol. The van der Waals surface area contributed by atoms with E-state index in [2.05, 4.69) is 6.58 Å². The molecule has 1 rings (SSSR count). The molecule has 0 amide bonds. The Labute approximate surface area is 150 Å². The largest absolute Gasteiger partial charge is 0.504 e. The standard InChI is InChI=1S/C21H28O4/c1-6-20(22)21(23)11-16(4)7-8-17-12-18(24-5)14-19(13-17)25-10-9-15(2)3/h6-9,11-13,19,22-23H,1,10,14H2,2-5H3/b8-7+,16-11+,21-20-. The van der Waals surface area contributed by atoms with Crippen molar-refractivity contribution in [1.29, 1.82) is 0 Å². The van der Waals surface area contributed by atoms with Gasteiger partial charge in [-0.15, -0.1) is 0 Å². The van der Waals surface area contributed by atoms with E-state index in [9.17, 15) is 10.2 Å². The molecule has 1 atom stereocenters. The van der Waals surface area contributed by atoms with Gasteiger partial charge in [0.05, 0.1) is 25.6 Å². The number of hydrogen-bond donors (Lipinski definition) is 2. The molecule has 0 radical (unpaired) electrons. The Balaban J connectivity index is 2.87. The minimum absolute atomic E-state index is 0.0439. The first-order valence-corrected chi connectivity index (χ1v) is 8.18. The highest BCUT2D eigenvalue weighted by molar-refractivity contribution is 5.40. The Morgan fingerprint density at radius 3 is 2.60 bits per heavy atom. The zero-order valence-electron chi connectivity index (χ0n) is 15.5. The molecular formula is C21H28O4. The Hall–Kier alpha value is -2.46. The maximum Gasteiger partial charge on any atom is 0.157 e. The predicted octanol–water partition coefficient (Wildman–Crippen LogP) is 5.21. The summed E-state index contributed by atoms with van der Waals surface area (Å²) >= 11 is 0. The highest BCUT2D eigenvalue weighted by atomic mass is 16.5. The topological polar surface area (TPSA) is 58.9 Å². The van der Waals surface area contributed by atoms with Crippen LogP contribution in [-0.2, 0) is 9.47 Å². The number of ether oxygens (including phenoxy) is 2. The van der Waals surface area contributed by atoms with E-state index in [0.29, 0.717) is 13.0 Å². The first-order chi connectivity index (χ1) is 11.8. The lowest BCUT2D eigenvalue weighted by Crippen LogP contribution is -2.15. The molecule has 0 bridgehead atoms. The maximum atomic E-state index is 9.67. The first-order valence-electron chi connectivity index (χ1n) is 8.18. The number of allylic oxidation sites excluding steroid dienone is 8. The van der Waals surface area contributed by atoms with E-state index in [1.807, 2.05) is 51.2 Å². The summed E-state index contributed by atoms with van der Waals surface area (Å²) in [5.41, 5.74) is 2.97. The van der Waals surface area contributed by atoms with Crippen molar-refractivity contribution in [2.75, 3.05) is 13.7 Å². The van der Waals surface area contributed by atoms with E-state index < -0.39 is 0 Å². The van der Waals surface area contributed by atoms with Crippen molar-refractivity contribution in [3.63, 3.8) is 0 Å². The van der Waals surface area contributed by atoms with Crippen molar-refractivity contribution in [3.8, 4) is 0 Å². The fourth-order valence-electron chi connectivity index (χ4n) is 2.13. The van der Waals surface area contributed by atoms with Crippen LogP contribution in [0.5, 0.6) is 0 Å². The van der Waals surface area contributed by atoms with Crippen LogP contribution in [0.1, 0.15) is 27.2 Å². The van der Waals surface area contributed by atoms with Crippen LogP contribution in [0.15, 0.2) is 83.1 Å². The molecule has 0 heterocycles. The summed E-state index contributed by atoms with van der Waals surface area (Å²) in [5, 5.41) is 19.1. The number of rotatable bonds is 8. The monoisotopic (exact) mass is 344 g/mol. The minimum Gasteiger partial charge on any atom is -0.504 e. The van der Waals surface area contributed by atoms with E-state index in [0.717, 1.165) is 16.9 Å². The Morgan fingerprint density at radius 2 is 2.00 bits per heavy atom. The average molecular weight is 344 g/mol. The van der Waals surface area contributed by atoms with Crippen molar-refractivity contribution in [3.05, 3.63) is 83.1 Å². The van der Waals surface area contributed by atoms with E-state index in [4.69, 9.17) is 9.47 Å². The van der Waals surface area contributed by atoms with Gasteiger partial charge in [0.25, 0.3) is 0 Å². The summed E-state index contributed by atoms with van der Waals surface area (Å²) in [4.78, 5) is 0. The van der Waals surface area contributed by atoms with Crippen LogP contribution in [0, 0.1) is 0 Å². The smallest absolute Gasteiger partial charge is 0.157 e. The summed E-state index contributed by atoms with van der Waals surface area (Å²) < 4.78 is 11.2. The summed E-state index contributed by atoms with van der Waals surface area (Å²) in [5.74, 6) is 0.391. The van der Waals surface area contributed by atoms with Gasteiger partial charge < -0.3 is 19.7 Å². The lowest BCUT2D eigenvalue weighted by Gasteiger charge is -2.20. The molecule has 1 unspecified atom stereocenters. The molecule has 0 aromatic rings. The highest BCUT2D eigenvalue weighted by Crippen LogP contribution is 2.22. The summed E-state index contributed by atoms with van der Waals surface area (Å²) in [6, 6.07) is 0. The molecule has 1 aliphatic carbocycles. The molecule has 0 saturated carbocycles. The lowest BCUT2D eigenvalue weighted by molar-refractivity contribution is 0.0934. The second kappa shape index (κ2) is 10.4. The highest BCUT2D eigenvalue weighted by Gasteiger charge is 2.15. The molecule has 0 aromatic carbocycles. The van der Waals surface area contributed by atoms with Crippen LogP contribution in [0.25, 0.3) is 0 Å². The quantitative estimate of drug-likeness (QED) is 0.360. The zero-order valence-corrected chi connectivity index (χ0v) is 15.5. The zero-order chi connectivity index (χ0) is 18.8. The minimum atomic E-state index is -0.251. The second-order valence-electron chi connectivity index (χ2n) is 6.04. The number of aliphatic hydroxyl groups is 2. The molecule has 0 fully saturated rings. The van der Waals surface area contributed by atoms with Crippen LogP contribution < -0.4 is 0 Å². The maximum absolute atomic E-state index is 9.67. The van der Waals surface area contributed by atoms with Gasteiger partial charge in [-0.2, -0.15) is 0 Å². The molecule has 4 heteroatoms. The molecule has 1 aliphatic rings. The third kappa shape index (κ3) is 7.77. The van der Waals surface area contributed by atoms with Crippen LogP contribution in [0.3, 0.4) is 0 Å². The van der Waals surface area contributed by atoms with Gasteiger partial charge in [-0.1, -0.05) is 30.4 Å². The van der Waals surface area contributed by atoms with E-state index >= 15 is 0 Å².